The number of nitrogens with zero attached hydrogens (tertiary/aromatic N) is 1. The van der Waals surface area contributed by atoms with E-state index >= 15 is 0 Å². The number of nitrogens with one attached hydrogen (secondary N) is 2. The van der Waals surface area contributed by atoms with Crippen molar-refractivity contribution in [2.45, 2.75) is 26.4 Å². The standard InChI is InChI=1S/C14H22N4O2/c1-10(2)16-13(19)9-18(3)14(20)17-12-6-4-5-11(7-12)8-15/h4-7,10H,8-9,15H2,1-3H3,(H,16,19)(H,17,20). The third-order valence-corrected chi connectivity index (χ3v) is 2.59. The Morgan fingerprint density at radius 3 is 2.65 bits per heavy atom. The van der Waals surface area contributed by atoms with Gasteiger partial charge in [0.25, 0.3) is 0 Å². The minimum atomic E-state index is -0.335. The van der Waals surface area contributed by atoms with Crippen LogP contribution in [0.25, 0.3) is 0 Å². The fourth-order valence-corrected chi connectivity index (χ4v) is 1.65. The molecule has 0 aliphatic carbocycles. The number of likely N-dealkylation sites (N-methyl/N-ethyl adjacent to an activating group) is 1. The van der Waals surface area contributed by atoms with Crippen molar-refractivity contribution in [3.63, 3.8) is 0 Å². The van der Waals surface area contributed by atoms with E-state index in [1.54, 1.807) is 19.2 Å². The number of urea groups is 1. The Bertz CT molecular complexity index is 474. The Morgan fingerprint density at radius 2 is 2.05 bits per heavy atom. The van der Waals surface area contributed by atoms with E-state index in [4.69, 9.17) is 5.73 Å². The lowest BCUT2D eigenvalue weighted by Crippen LogP contribution is -2.42. The van der Waals surface area contributed by atoms with Crippen molar-refractivity contribution in [1.29, 1.82) is 0 Å². The van der Waals surface area contributed by atoms with Gasteiger partial charge in [-0.25, -0.2) is 4.79 Å². The Balaban J connectivity index is 2.54. The lowest BCUT2D eigenvalue weighted by Gasteiger charge is -2.18. The molecule has 20 heavy (non-hydrogen) atoms. The van der Waals surface area contributed by atoms with Crippen LogP contribution in [0.4, 0.5) is 10.5 Å². The van der Waals surface area contributed by atoms with Crippen molar-refractivity contribution in [2.75, 3.05) is 18.9 Å². The van der Waals surface area contributed by atoms with E-state index in [2.05, 4.69) is 10.6 Å². The second-order valence-corrected chi connectivity index (χ2v) is 4.91. The van der Waals surface area contributed by atoms with E-state index in [1.807, 2.05) is 26.0 Å². The van der Waals surface area contributed by atoms with Crippen molar-refractivity contribution >= 4 is 17.6 Å². The summed E-state index contributed by atoms with van der Waals surface area (Å²) in [7, 11) is 1.57. The Morgan fingerprint density at radius 1 is 1.35 bits per heavy atom. The molecule has 110 valence electrons. The predicted octanol–water partition coefficient (Wildman–Crippen LogP) is 1.13. The molecule has 6 heteroatoms. The molecule has 0 aliphatic rings. The van der Waals surface area contributed by atoms with E-state index in [-0.39, 0.29) is 24.5 Å². The Kier molecular flexibility index (Phi) is 5.99. The summed E-state index contributed by atoms with van der Waals surface area (Å²) in [6.07, 6.45) is 0. The summed E-state index contributed by atoms with van der Waals surface area (Å²) in [6, 6.07) is 7.01. The van der Waals surface area contributed by atoms with Gasteiger partial charge in [0, 0.05) is 25.3 Å². The maximum atomic E-state index is 11.9. The molecule has 1 aromatic rings. The quantitative estimate of drug-likeness (QED) is 0.754. The molecule has 0 fully saturated rings. The molecule has 0 aromatic heterocycles. The van der Waals surface area contributed by atoms with Gasteiger partial charge in [-0.2, -0.15) is 0 Å². The van der Waals surface area contributed by atoms with Gasteiger partial charge in [-0.1, -0.05) is 12.1 Å². The van der Waals surface area contributed by atoms with E-state index in [1.165, 1.54) is 4.90 Å². The summed E-state index contributed by atoms with van der Waals surface area (Å²) in [5.41, 5.74) is 7.14. The first kappa shape index (κ1) is 16.0. The monoisotopic (exact) mass is 278 g/mol. The average molecular weight is 278 g/mol. The molecular weight excluding hydrogens is 256 g/mol. The first-order valence-corrected chi connectivity index (χ1v) is 6.53. The van der Waals surface area contributed by atoms with Gasteiger partial charge in [0.1, 0.15) is 6.54 Å². The minimum absolute atomic E-state index is 0.0145. The van der Waals surface area contributed by atoms with Gasteiger partial charge in [0.15, 0.2) is 0 Å². The van der Waals surface area contributed by atoms with Gasteiger partial charge in [0.05, 0.1) is 0 Å². The van der Waals surface area contributed by atoms with E-state index in [0.29, 0.717) is 12.2 Å². The maximum Gasteiger partial charge on any atom is 0.322 e. The van der Waals surface area contributed by atoms with Crippen molar-refractivity contribution in [1.82, 2.24) is 10.2 Å². The van der Waals surface area contributed by atoms with Crippen molar-refractivity contribution in [2.24, 2.45) is 5.73 Å². The number of amides is 3. The summed E-state index contributed by atoms with van der Waals surface area (Å²) in [5.74, 6) is -0.187. The lowest BCUT2D eigenvalue weighted by molar-refractivity contribution is -0.121. The third kappa shape index (κ3) is 5.27. The van der Waals surface area contributed by atoms with Gasteiger partial charge in [-0.3, -0.25) is 4.79 Å². The van der Waals surface area contributed by atoms with Crippen molar-refractivity contribution in [3.8, 4) is 0 Å². The van der Waals surface area contributed by atoms with Crippen LogP contribution >= 0.6 is 0 Å². The third-order valence-electron chi connectivity index (χ3n) is 2.59. The van der Waals surface area contributed by atoms with Gasteiger partial charge in [-0.15, -0.1) is 0 Å². The molecule has 4 N–H and O–H groups in total. The molecule has 1 rings (SSSR count). The summed E-state index contributed by atoms with van der Waals surface area (Å²) in [6.45, 7) is 4.17. The number of carbonyl (C=O) groups is 2. The largest absolute Gasteiger partial charge is 0.352 e. The average Bonchev–Trinajstić information content (AvgIpc) is 2.37. The highest BCUT2D eigenvalue weighted by molar-refractivity contribution is 5.92. The van der Waals surface area contributed by atoms with Crippen molar-refractivity contribution < 1.29 is 9.59 Å². The number of hydrogen-bond donors (Lipinski definition) is 3. The number of nitrogens with two attached hydrogens (primary N) is 1. The molecule has 3 amide bonds. The molecule has 0 atom stereocenters. The topological polar surface area (TPSA) is 87.5 Å². The molecule has 0 unspecified atom stereocenters. The molecular formula is C14H22N4O2. The first-order chi connectivity index (χ1) is 9.42. The second kappa shape index (κ2) is 7.49. The molecule has 6 nitrogen and oxygen atoms in total. The number of anilines is 1. The van der Waals surface area contributed by atoms with Crippen molar-refractivity contribution in [3.05, 3.63) is 29.8 Å². The first-order valence-electron chi connectivity index (χ1n) is 6.53. The number of carbonyl (C=O) groups excluding carboxylic acids is 2. The zero-order valence-corrected chi connectivity index (χ0v) is 12.1. The van der Waals surface area contributed by atoms with Crippen LogP contribution in [0.5, 0.6) is 0 Å². The summed E-state index contributed by atoms with van der Waals surface area (Å²) >= 11 is 0. The normalized spacial score (nSPS) is 10.2. The molecule has 0 bridgehead atoms. The molecule has 0 heterocycles. The van der Waals surface area contributed by atoms with Gasteiger partial charge in [0.2, 0.25) is 5.91 Å². The summed E-state index contributed by atoms with van der Waals surface area (Å²) in [4.78, 5) is 24.8. The van der Waals surface area contributed by atoms with Gasteiger partial charge in [-0.05, 0) is 31.5 Å². The van der Waals surface area contributed by atoms with E-state index < -0.39 is 0 Å². The Labute approximate surface area is 119 Å². The number of rotatable bonds is 5. The van der Waals surface area contributed by atoms with E-state index in [9.17, 15) is 9.59 Å². The van der Waals surface area contributed by atoms with Crippen LogP contribution in [0.2, 0.25) is 0 Å². The van der Waals surface area contributed by atoms with Crippen LogP contribution in [0.1, 0.15) is 19.4 Å². The smallest absolute Gasteiger partial charge is 0.322 e. The molecule has 1 aromatic carbocycles. The minimum Gasteiger partial charge on any atom is -0.352 e. The highest BCUT2D eigenvalue weighted by atomic mass is 16.2. The molecule has 0 saturated heterocycles. The highest BCUT2D eigenvalue weighted by Crippen LogP contribution is 2.10. The van der Waals surface area contributed by atoms with E-state index in [0.717, 1.165) is 5.56 Å². The van der Waals surface area contributed by atoms with Crippen LogP contribution in [0.3, 0.4) is 0 Å². The molecule has 0 saturated carbocycles. The number of benzene rings is 1. The fourth-order valence-electron chi connectivity index (χ4n) is 1.65. The SMILES string of the molecule is CC(C)NC(=O)CN(C)C(=O)Nc1cccc(CN)c1. The molecule has 0 radical (unpaired) electrons. The zero-order chi connectivity index (χ0) is 15.1. The van der Waals surface area contributed by atoms with Crippen LogP contribution in [0.15, 0.2) is 24.3 Å². The van der Waals surface area contributed by atoms with Gasteiger partial charge < -0.3 is 21.3 Å². The summed E-state index contributed by atoms with van der Waals surface area (Å²) in [5, 5.41) is 5.46. The van der Waals surface area contributed by atoms with Crippen LogP contribution in [-0.2, 0) is 11.3 Å². The summed E-state index contributed by atoms with van der Waals surface area (Å²) < 4.78 is 0. The fraction of sp³-hybridized carbons (Fsp3) is 0.429. The lowest BCUT2D eigenvalue weighted by atomic mass is 10.2. The van der Waals surface area contributed by atoms with Gasteiger partial charge >= 0.3 is 6.03 Å². The zero-order valence-electron chi connectivity index (χ0n) is 12.1. The van der Waals surface area contributed by atoms with Crippen LogP contribution < -0.4 is 16.4 Å². The van der Waals surface area contributed by atoms with Crippen LogP contribution in [-0.4, -0.2) is 36.5 Å². The second-order valence-electron chi connectivity index (χ2n) is 4.91. The maximum absolute atomic E-state index is 11.9. The number of hydrogen-bond acceptors (Lipinski definition) is 3. The Hall–Kier alpha value is -2.08. The predicted molar refractivity (Wildman–Crippen MR) is 79.3 cm³/mol. The van der Waals surface area contributed by atoms with Crippen LogP contribution in [0, 0.1) is 0 Å². The molecule has 0 spiro atoms. The highest BCUT2D eigenvalue weighted by Gasteiger charge is 2.13. The molecule has 0 aliphatic heterocycles.